The van der Waals surface area contributed by atoms with Crippen molar-refractivity contribution >= 4 is 16.5 Å². The van der Waals surface area contributed by atoms with Gasteiger partial charge in [-0.1, -0.05) is 36.4 Å². The van der Waals surface area contributed by atoms with Gasteiger partial charge in [0.15, 0.2) is 0 Å². The largest absolute Gasteiger partial charge is 0.497 e. The Morgan fingerprint density at radius 2 is 1.77 bits per heavy atom. The Morgan fingerprint density at radius 1 is 0.955 bits per heavy atom. The third-order valence-electron chi connectivity index (χ3n) is 4.49. The van der Waals surface area contributed by atoms with E-state index in [4.69, 9.17) is 4.74 Å². The van der Waals surface area contributed by atoms with Crippen LogP contribution < -0.4 is 10.1 Å². The molecule has 0 amide bonds. The molecule has 0 saturated heterocycles. The molecule has 110 valence electrons. The summed E-state index contributed by atoms with van der Waals surface area (Å²) in [6.07, 6.45) is 2.35. The van der Waals surface area contributed by atoms with Crippen LogP contribution in [0.1, 0.15) is 16.7 Å². The van der Waals surface area contributed by atoms with Gasteiger partial charge in [-0.05, 0) is 53.1 Å². The monoisotopic (exact) mass is 289 g/mol. The maximum Gasteiger partial charge on any atom is 0.119 e. The Morgan fingerprint density at radius 3 is 2.64 bits per heavy atom. The van der Waals surface area contributed by atoms with Crippen LogP contribution in [0.3, 0.4) is 0 Å². The van der Waals surface area contributed by atoms with E-state index in [9.17, 15) is 0 Å². The molecular formula is C20H19NO. The molecule has 0 heterocycles. The molecule has 0 radical (unpaired) electrons. The number of hydrogen-bond acceptors (Lipinski definition) is 2. The quantitative estimate of drug-likeness (QED) is 0.760. The van der Waals surface area contributed by atoms with Crippen molar-refractivity contribution in [3.63, 3.8) is 0 Å². The Hall–Kier alpha value is -2.48. The molecule has 3 aromatic carbocycles. The summed E-state index contributed by atoms with van der Waals surface area (Å²) >= 11 is 0. The maximum absolute atomic E-state index is 5.29. The predicted molar refractivity (Wildman–Crippen MR) is 91.7 cm³/mol. The minimum Gasteiger partial charge on any atom is -0.497 e. The molecule has 1 aliphatic carbocycles. The molecule has 0 aromatic heterocycles. The van der Waals surface area contributed by atoms with Crippen LogP contribution in [0.2, 0.25) is 0 Å². The lowest BCUT2D eigenvalue weighted by Gasteiger charge is -2.12. The van der Waals surface area contributed by atoms with Gasteiger partial charge in [0, 0.05) is 17.6 Å². The van der Waals surface area contributed by atoms with E-state index in [0.717, 1.165) is 12.3 Å². The minimum absolute atomic E-state index is 0.801. The van der Waals surface area contributed by atoms with Gasteiger partial charge < -0.3 is 10.1 Å². The van der Waals surface area contributed by atoms with Gasteiger partial charge in [-0.15, -0.1) is 0 Å². The van der Waals surface area contributed by atoms with E-state index in [1.54, 1.807) is 7.11 Å². The van der Waals surface area contributed by atoms with Crippen molar-refractivity contribution in [3.05, 3.63) is 71.3 Å². The zero-order chi connectivity index (χ0) is 14.9. The molecule has 2 heteroatoms. The fourth-order valence-electron chi connectivity index (χ4n) is 3.38. The van der Waals surface area contributed by atoms with Gasteiger partial charge in [-0.25, -0.2) is 0 Å². The number of rotatable bonds is 4. The lowest BCUT2D eigenvalue weighted by Crippen LogP contribution is -2.00. The van der Waals surface area contributed by atoms with Crippen LogP contribution >= 0.6 is 0 Å². The molecule has 0 spiro atoms. The fourth-order valence-corrected chi connectivity index (χ4v) is 3.38. The Balaban J connectivity index is 1.65. The summed E-state index contributed by atoms with van der Waals surface area (Å²) < 4.78 is 5.29. The summed E-state index contributed by atoms with van der Waals surface area (Å²) in [6.45, 7) is 0.801. The van der Waals surface area contributed by atoms with Crippen molar-refractivity contribution in [1.82, 2.24) is 0 Å². The summed E-state index contributed by atoms with van der Waals surface area (Å²) in [6, 6.07) is 19.3. The van der Waals surface area contributed by atoms with Gasteiger partial charge in [0.2, 0.25) is 0 Å². The first kappa shape index (κ1) is 13.2. The molecule has 1 aliphatic rings. The number of benzene rings is 3. The molecule has 0 fully saturated rings. The molecule has 1 N–H and O–H groups in total. The van der Waals surface area contributed by atoms with E-state index in [1.165, 1.54) is 46.0 Å². The highest BCUT2D eigenvalue weighted by atomic mass is 16.5. The molecule has 0 bridgehead atoms. The average molecular weight is 289 g/mol. The Bertz CT molecular complexity index is 828. The van der Waals surface area contributed by atoms with Crippen LogP contribution in [0, 0.1) is 0 Å². The van der Waals surface area contributed by atoms with Crippen LogP contribution in [0.25, 0.3) is 10.8 Å². The lowest BCUT2D eigenvalue weighted by atomic mass is 10.0. The molecule has 3 aromatic rings. The Labute approximate surface area is 130 Å². The van der Waals surface area contributed by atoms with Crippen LogP contribution in [0.5, 0.6) is 5.75 Å². The van der Waals surface area contributed by atoms with Gasteiger partial charge in [0.1, 0.15) is 5.75 Å². The van der Waals surface area contributed by atoms with Crippen molar-refractivity contribution in [2.45, 2.75) is 19.4 Å². The first-order valence-corrected chi connectivity index (χ1v) is 7.75. The smallest absolute Gasteiger partial charge is 0.119 e. The van der Waals surface area contributed by atoms with Crippen LogP contribution in [0.4, 0.5) is 5.69 Å². The van der Waals surface area contributed by atoms with Crippen LogP contribution in [-0.2, 0) is 19.4 Å². The summed E-state index contributed by atoms with van der Waals surface area (Å²) in [7, 11) is 1.70. The van der Waals surface area contributed by atoms with Crippen molar-refractivity contribution in [2.24, 2.45) is 0 Å². The van der Waals surface area contributed by atoms with Gasteiger partial charge >= 0.3 is 0 Å². The fraction of sp³-hybridized carbons (Fsp3) is 0.200. The van der Waals surface area contributed by atoms with Gasteiger partial charge in [0.05, 0.1) is 7.11 Å². The number of methoxy groups -OCH3 is 1. The molecule has 0 aliphatic heterocycles. The first-order chi connectivity index (χ1) is 10.8. The second-order valence-corrected chi connectivity index (χ2v) is 5.82. The van der Waals surface area contributed by atoms with E-state index < -0.39 is 0 Å². The highest BCUT2D eigenvalue weighted by Crippen LogP contribution is 2.35. The van der Waals surface area contributed by atoms with E-state index in [1.807, 2.05) is 12.1 Å². The highest BCUT2D eigenvalue weighted by molar-refractivity contribution is 5.99. The maximum atomic E-state index is 5.29. The van der Waals surface area contributed by atoms with E-state index in [0.29, 0.717) is 0 Å². The van der Waals surface area contributed by atoms with Crippen molar-refractivity contribution in [1.29, 1.82) is 0 Å². The van der Waals surface area contributed by atoms with Gasteiger partial charge in [-0.2, -0.15) is 0 Å². The number of ether oxygens (including phenoxy) is 1. The summed E-state index contributed by atoms with van der Waals surface area (Å²) in [5, 5.41) is 6.38. The zero-order valence-corrected chi connectivity index (χ0v) is 12.7. The first-order valence-electron chi connectivity index (χ1n) is 7.75. The summed E-state index contributed by atoms with van der Waals surface area (Å²) in [5.41, 5.74) is 5.41. The zero-order valence-electron chi connectivity index (χ0n) is 12.7. The van der Waals surface area contributed by atoms with E-state index in [-0.39, 0.29) is 0 Å². The number of hydrogen-bond donors (Lipinski definition) is 1. The molecule has 0 atom stereocenters. The SMILES string of the molecule is COc1cccc(CNc2ccc3c4c(cccc24)CC3)c1. The standard InChI is InChI=1S/C20H19NO/c1-22-17-6-2-4-14(12-17)13-21-19-11-10-16-9-8-15-5-3-7-18(19)20(15)16/h2-7,10-12,21H,8-9,13H2,1H3. The van der Waals surface area contributed by atoms with Gasteiger partial charge in [0.25, 0.3) is 0 Å². The second-order valence-electron chi connectivity index (χ2n) is 5.82. The highest BCUT2D eigenvalue weighted by Gasteiger charge is 2.15. The topological polar surface area (TPSA) is 21.3 Å². The van der Waals surface area contributed by atoms with Gasteiger partial charge in [-0.3, -0.25) is 0 Å². The molecule has 22 heavy (non-hydrogen) atoms. The lowest BCUT2D eigenvalue weighted by molar-refractivity contribution is 0.414. The summed E-state index contributed by atoms with van der Waals surface area (Å²) in [5.74, 6) is 0.903. The molecule has 2 nitrogen and oxygen atoms in total. The van der Waals surface area contributed by atoms with E-state index >= 15 is 0 Å². The van der Waals surface area contributed by atoms with Crippen molar-refractivity contribution in [3.8, 4) is 5.75 Å². The average Bonchev–Trinajstić information content (AvgIpc) is 3.00. The molecule has 0 saturated carbocycles. The Kier molecular flexibility index (Phi) is 3.23. The molecule has 4 rings (SSSR count). The molecule has 0 unspecified atom stereocenters. The van der Waals surface area contributed by atoms with Crippen LogP contribution in [0.15, 0.2) is 54.6 Å². The second kappa shape index (κ2) is 5.38. The number of nitrogens with one attached hydrogen (secondary N) is 1. The number of aryl methyl sites for hydroxylation is 2. The van der Waals surface area contributed by atoms with Crippen molar-refractivity contribution < 1.29 is 4.74 Å². The van der Waals surface area contributed by atoms with Crippen molar-refractivity contribution in [2.75, 3.05) is 12.4 Å². The molecular weight excluding hydrogens is 270 g/mol. The number of anilines is 1. The minimum atomic E-state index is 0.801. The van der Waals surface area contributed by atoms with Crippen LogP contribution in [-0.4, -0.2) is 7.11 Å². The third kappa shape index (κ3) is 2.21. The normalized spacial score (nSPS) is 12.6. The third-order valence-corrected chi connectivity index (χ3v) is 4.49. The van der Waals surface area contributed by atoms with E-state index in [2.05, 4.69) is 47.8 Å². The summed E-state index contributed by atoms with van der Waals surface area (Å²) in [4.78, 5) is 0. The predicted octanol–water partition coefficient (Wildman–Crippen LogP) is 4.56.